The Morgan fingerprint density at radius 2 is 1.50 bits per heavy atom. The Labute approximate surface area is 199 Å². The molecule has 2 aromatic carbocycles. The van der Waals surface area contributed by atoms with E-state index in [2.05, 4.69) is 28.0 Å². The van der Waals surface area contributed by atoms with E-state index in [0.717, 1.165) is 66.2 Å². The molecule has 1 saturated heterocycles. The normalized spacial score (nSPS) is 18.0. The molecule has 1 aliphatic carbocycles. The van der Waals surface area contributed by atoms with E-state index in [0.29, 0.717) is 0 Å². The topological polar surface area (TPSA) is 36.7 Å². The number of fused-ring (bicyclic) bond motifs is 1. The Hall–Kier alpha value is -3.25. The third kappa shape index (κ3) is 4.18. The first kappa shape index (κ1) is 21.3. The SMILES string of the molecule is Fc1cccc(-c2cc3nc(-c4ccccc4)cc(N4CCN(C5CCCCC5)CC4)n3n2)c1. The number of rotatable bonds is 4. The molecule has 5 nitrogen and oxygen atoms in total. The second-order valence-corrected chi connectivity index (χ2v) is 9.49. The molecule has 1 saturated carbocycles. The van der Waals surface area contributed by atoms with Gasteiger partial charge in [-0.2, -0.15) is 9.61 Å². The second kappa shape index (κ2) is 9.18. The highest BCUT2D eigenvalue weighted by atomic mass is 19.1. The van der Waals surface area contributed by atoms with E-state index in [1.807, 2.05) is 34.8 Å². The molecular formula is C28H30FN5. The molecule has 34 heavy (non-hydrogen) atoms. The molecule has 6 rings (SSSR count). The van der Waals surface area contributed by atoms with E-state index >= 15 is 0 Å². The van der Waals surface area contributed by atoms with Gasteiger partial charge in [-0.15, -0.1) is 0 Å². The van der Waals surface area contributed by atoms with Crippen LogP contribution >= 0.6 is 0 Å². The molecule has 0 N–H and O–H groups in total. The zero-order valence-corrected chi connectivity index (χ0v) is 19.4. The Kier molecular flexibility index (Phi) is 5.75. The first-order chi connectivity index (χ1) is 16.7. The first-order valence-corrected chi connectivity index (χ1v) is 12.5. The molecule has 4 aromatic rings. The predicted molar refractivity (Wildman–Crippen MR) is 134 cm³/mol. The maximum Gasteiger partial charge on any atom is 0.158 e. The van der Waals surface area contributed by atoms with E-state index in [9.17, 15) is 4.39 Å². The summed E-state index contributed by atoms with van der Waals surface area (Å²) in [6, 6.07) is 21.8. The second-order valence-electron chi connectivity index (χ2n) is 9.49. The van der Waals surface area contributed by atoms with Crippen LogP contribution < -0.4 is 4.90 Å². The number of anilines is 1. The number of benzene rings is 2. The molecule has 0 bridgehead atoms. The first-order valence-electron chi connectivity index (χ1n) is 12.5. The van der Waals surface area contributed by atoms with Gasteiger partial charge in [-0.3, -0.25) is 4.90 Å². The van der Waals surface area contributed by atoms with Gasteiger partial charge in [-0.05, 0) is 25.0 Å². The van der Waals surface area contributed by atoms with Gasteiger partial charge in [-0.1, -0.05) is 61.7 Å². The highest BCUT2D eigenvalue weighted by Gasteiger charge is 2.27. The minimum atomic E-state index is -0.258. The molecule has 0 spiro atoms. The van der Waals surface area contributed by atoms with Gasteiger partial charge in [0.05, 0.1) is 11.4 Å². The molecule has 2 aliphatic rings. The van der Waals surface area contributed by atoms with Crippen molar-refractivity contribution in [3.05, 3.63) is 72.5 Å². The average molecular weight is 456 g/mol. The number of aromatic nitrogens is 3. The summed E-state index contributed by atoms with van der Waals surface area (Å²) in [6.07, 6.45) is 6.81. The predicted octanol–water partition coefficient (Wildman–Crippen LogP) is 5.66. The molecule has 1 aliphatic heterocycles. The van der Waals surface area contributed by atoms with Crippen LogP contribution in [0.15, 0.2) is 66.7 Å². The van der Waals surface area contributed by atoms with Gasteiger partial charge in [0.2, 0.25) is 0 Å². The Balaban J connectivity index is 1.37. The summed E-state index contributed by atoms with van der Waals surface area (Å²) in [6.45, 7) is 4.10. The van der Waals surface area contributed by atoms with Crippen molar-refractivity contribution in [3.8, 4) is 22.5 Å². The van der Waals surface area contributed by atoms with Crippen LogP contribution in [0.2, 0.25) is 0 Å². The van der Waals surface area contributed by atoms with Crippen LogP contribution in [0.4, 0.5) is 10.2 Å². The lowest BCUT2D eigenvalue weighted by Gasteiger charge is -2.41. The molecule has 0 unspecified atom stereocenters. The fourth-order valence-electron chi connectivity index (χ4n) is 5.49. The number of hydrogen-bond donors (Lipinski definition) is 0. The van der Waals surface area contributed by atoms with Crippen LogP contribution in [0.5, 0.6) is 0 Å². The number of nitrogens with zero attached hydrogens (tertiary/aromatic N) is 5. The third-order valence-corrected chi connectivity index (χ3v) is 7.33. The van der Waals surface area contributed by atoms with Crippen molar-refractivity contribution < 1.29 is 4.39 Å². The molecule has 3 heterocycles. The molecule has 174 valence electrons. The molecule has 0 atom stereocenters. The van der Waals surface area contributed by atoms with Crippen LogP contribution in [0.3, 0.4) is 0 Å². The summed E-state index contributed by atoms with van der Waals surface area (Å²) >= 11 is 0. The lowest BCUT2D eigenvalue weighted by molar-refractivity contribution is 0.147. The Morgan fingerprint density at radius 1 is 0.735 bits per heavy atom. The number of halogens is 1. The molecule has 0 amide bonds. The minimum absolute atomic E-state index is 0.258. The average Bonchev–Trinajstić information content (AvgIpc) is 3.34. The summed E-state index contributed by atoms with van der Waals surface area (Å²) < 4.78 is 15.8. The van der Waals surface area contributed by atoms with Crippen LogP contribution in [0.25, 0.3) is 28.2 Å². The van der Waals surface area contributed by atoms with Crippen LogP contribution in [-0.2, 0) is 0 Å². The van der Waals surface area contributed by atoms with Crippen molar-refractivity contribution in [2.24, 2.45) is 0 Å². The van der Waals surface area contributed by atoms with E-state index in [1.54, 1.807) is 6.07 Å². The monoisotopic (exact) mass is 455 g/mol. The van der Waals surface area contributed by atoms with Gasteiger partial charge in [0.15, 0.2) is 5.65 Å². The van der Waals surface area contributed by atoms with Gasteiger partial charge in [0.25, 0.3) is 0 Å². The highest BCUT2D eigenvalue weighted by molar-refractivity contribution is 5.71. The molecule has 2 aromatic heterocycles. The smallest absolute Gasteiger partial charge is 0.158 e. The van der Waals surface area contributed by atoms with E-state index < -0.39 is 0 Å². The molecule has 2 fully saturated rings. The zero-order valence-electron chi connectivity index (χ0n) is 19.4. The van der Waals surface area contributed by atoms with Gasteiger partial charge >= 0.3 is 0 Å². The summed E-state index contributed by atoms with van der Waals surface area (Å²) in [5.74, 6) is 0.793. The van der Waals surface area contributed by atoms with Gasteiger partial charge in [-0.25, -0.2) is 9.37 Å². The van der Waals surface area contributed by atoms with Gasteiger partial charge in [0.1, 0.15) is 11.6 Å². The van der Waals surface area contributed by atoms with Crippen LogP contribution in [0, 0.1) is 5.82 Å². The van der Waals surface area contributed by atoms with Crippen LogP contribution in [-0.4, -0.2) is 51.7 Å². The maximum absolute atomic E-state index is 13.9. The minimum Gasteiger partial charge on any atom is -0.354 e. The summed E-state index contributed by atoms with van der Waals surface area (Å²) in [7, 11) is 0. The van der Waals surface area contributed by atoms with Gasteiger partial charge < -0.3 is 4.90 Å². The third-order valence-electron chi connectivity index (χ3n) is 7.33. The summed E-state index contributed by atoms with van der Waals surface area (Å²) in [5, 5.41) is 4.88. The highest BCUT2D eigenvalue weighted by Crippen LogP contribution is 2.30. The van der Waals surface area contributed by atoms with Crippen molar-refractivity contribution in [2.75, 3.05) is 31.1 Å². The lowest BCUT2D eigenvalue weighted by Crippen LogP contribution is -2.51. The van der Waals surface area contributed by atoms with Crippen molar-refractivity contribution in [3.63, 3.8) is 0 Å². The van der Waals surface area contributed by atoms with Crippen molar-refractivity contribution >= 4 is 11.5 Å². The van der Waals surface area contributed by atoms with Crippen molar-refractivity contribution in [2.45, 2.75) is 38.1 Å². The van der Waals surface area contributed by atoms with E-state index in [1.165, 1.54) is 44.2 Å². The molecule has 0 radical (unpaired) electrons. The Bertz CT molecular complexity index is 1270. The molecular weight excluding hydrogens is 425 g/mol. The quantitative estimate of drug-likeness (QED) is 0.398. The zero-order chi connectivity index (χ0) is 22.9. The van der Waals surface area contributed by atoms with E-state index in [-0.39, 0.29) is 5.82 Å². The molecule has 6 heteroatoms. The largest absolute Gasteiger partial charge is 0.354 e. The number of hydrogen-bond acceptors (Lipinski definition) is 4. The van der Waals surface area contributed by atoms with Crippen LogP contribution in [0.1, 0.15) is 32.1 Å². The van der Waals surface area contributed by atoms with Crippen molar-refractivity contribution in [1.29, 1.82) is 0 Å². The van der Waals surface area contributed by atoms with Gasteiger partial charge in [0, 0.05) is 55.5 Å². The van der Waals surface area contributed by atoms with Crippen molar-refractivity contribution in [1.82, 2.24) is 19.5 Å². The standard InChI is InChI=1S/C28H30FN5/c29-23-11-7-10-22(18-23)26-19-27-30-25(21-8-3-1-4-9-21)20-28(34(27)31-26)33-16-14-32(15-17-33)24-12-5-2-6-13-24/h1,3-4,7-11,18-20,24H,2,5-6,12-17H2. The maximum atomic E-state index is 13.9. The number of piperazine rings is 1. The lowest BCUT2D eigenvalue weighted by atomic mass is 9.94. The fraction of sp³-hybridized carbons (Fsp3) is 0.357. The Morgan fingerprint density at radius 3 is 2.26 bits per heavy atom. The summed E-state index contributed by atoms with van der Waals surface area (Å²) in [5.41, 5.74) is 4.30. The fourth-order valence-corrected chi connectivity index (χ4v) is 5.49. The summed E-state index contributed by atoms with van der Waals surface area (Å²) in [4.78, 5) is 10.0. The van der Waals surface area contributed by atoms with E-state index in [4.69, 9.17) is 10.1 Å².